The number of carbonyl (C=O) groups excluding carboxylic acids is 1. The highest BCUT2D eigenvalue weighted by atomic mass is 16.5. The van der Waals surface area contributed by atoms with E-state index in [1.54, 1.807) is 25.3 Å². The van der Waals surface area contributed by atoms with Crippen LogP contribution >= 0.6 is 0 Å². The van der Waals surface area contributed by atoms with Gasteiger partial charge in [0.15, 0.2) is 0 Å². The van der Waals surface area contributed by atoms with Gasteiger partial charge < -0.3 is 20.7 Å². The summed E-state index contributed by atoms with van der Waals surface area (Å²) in [5, 5.41) is 3.26. The summed E-state index contributed by atoms with van der Waals surface area (Å²) in [6.07, 6.45) is 1.81. The Morgan fingerprint density at radius 1 is 1.58 bits per heavy atom. The Hall–Kier alpha value is -1.66. The molecule has 1 rings (SSSR count). The lowest BCUT2D eigenvalue weighted by molar-refractivity contribution is -0.116. The predicted octanol–water partition coefficient (Wildman–Crippen LogP) is 0.0475. The fourth-order valence-electron chi connectivity index (χ4n) is 1.84. The highest BCUT2D eigenvalue weighted by Crippen LogP contribution is 2.16. The standard InChI is InChI=1S/C13H22N4O2/c1-10-6-11(7-15-4-5-19-3)8-16-13(10)17(2)9-12(14)18/h6,8,15H,4-5,7,9H2,1-3H3,(H2,14,18). The summed E-state index contributed by atoms with van der Waals surface area (Å²) in [5.74, 6) is 0.411. The first kappa shape index (κ1) is 15.4. The lowest BCUT2D eigenvalue weighted by Gasteiger charge is -2.18. The lowest BCUT2D eigenvalue weighted by Crippen LogP contribution is -2.31. The summed E-state index contributed by atoms with van der Waals surface area (Å²) >= 11 is 0. The molecule has 0 saturated carbocycles. The number of ether oxygens (including phenoxy) is 1. The largest absolute Gasteiger partial charge is 0.383 e. The van der Waals surface area contributed by atoms with Gasteiger partial charge in [0.2, 0.25) is 5.91 Å². The first-order valence-electron chi connectivity index (χ1n) is 6.19. The van der Waals surface area contributed by atoms with Crippen LogP contribution in [-0.4, -0.2) is 44.7 Å². The van der Waals surface area contributed by atoms with Gasteiger partial charge in [-0.25, -0.2) is 4.98 Å². The zero-order valence-electron chi connectivity index (χ0n) is 11.8. The van der Waals surface area contributed by atoms with E-state index in [4.69, 9.17) is 10.5 Å². The molecule has 0 radical (unpaired) electrons. The van der Waals surface area contributed by atoms with Crippen LogP contribution in [0.1, 0.15) is 11.1 Å². The maximum absolute atomic E-state index is 10.9. The highest BCUT2D eigenvalue weighted by Gasteiger charge is 2.09. The number of nitrogens with two attached hydrogens (primary N) is 1. The van der Waals surface area contributed by atoms with Crippen LogP contribution in [0.15, 0.2) is 12.3 Å². The van der Waals surface area contributed by atoms with Gasteiger partial charge in [-0.2, -0.15) is 0 Å². The third-order valence-electron chi connectivity index (χ3n) is 2.67. The molecule has 3 N–H and O–H groups in total. The number of pyridine rings is 1. The molecule has 1 amide bonds. The van der Waals surface area contributed by atoms with Gasteiger partial charge in [-0.05, 0) is 24.1 Å². The number of nitrogens with zero attached hydrogens (tertiary/aromatic N) is 2. The maximum atomic E-state index is 10.9. The van der Waals surface area contributed by atoms with Gasteiger partial charge in [-0.15, -0.1) is 0 Å². The van der Waals surface area contributed by atoms with Gasteiger partial charge in [0.05, 0.1) is 13.2 Å². The van der Waals surface area contributed by atoms with Crippen LogP contribution in [0.2, 0.25) is 0 Å². The molecule has 0 fully saturated rings. The molecule has 106 valence electrons. The second kappa shape index (κ2) is 7.70. The number of amides is 1. The van der Waals surface area contributed by atoms with E-state index in [1.807, 2.05) is 6.92 Å². The van der Waals surface area contributed by atoms with Gasteiger partial charge in [0.1, 0.15) is 5.82 Å². The molecule has 19 heavy (non-hydrogen) atoms. The minimum atomic E-state index is -0.367. The molecule has 6 nitrogen and oxygen atoms in total. The first-order chi connectivity index (χ1) is 9.04. The minimum absolute atomic E-state index is 0.166. The lowest BCUT2D eigenvalue weighted by atomic mass is 10.2. The summed E-state index contributed by atoms with van der Waals surface area (Å²) in [5.41, 5.74) is 7.30. The number of aryl methyl sites for hydroxylation is 1. The second-order valence-electron chi connectivity index (χ2n) is 4.48. The Labute approximate surface area is 113 Å². The van der Waals surface area contributed by atoms with Crippen LogP contribution in [0, 0.1) is 6.92 Å². The van der Waals surface area contributed by atoms with E-state index in [0.29, 0.717) is 6.61 Å². The zero-order chi connectivity index (χ0) is 14.3. The van der Waals surface area contributed by atoms with E-state index in [2.05, 4.69) is 16.4 Å². The normalized spacial score (nSPS) is 10.5. The van der Waals surface area contributed by atoms with Crippen LogP contribution in [-0.2, 0) is 16.1 Å². The Kier molecular flexibility index (Phi) is 6.24. The van der Waals surface area contributed by atoms with Crippen molar-refractivity contribution >= 4 is 11.7 Å². The number of hydrogen-bond acceptors (Lipinski definition) is 5. The number of rotatable bonds is 8. The van der Waals surface area contributed by atoms with Crippen molar-refractivity contribution in [1.29, 1.82) is 0 Å². The molecule has 1 aromatic heterocycles. The maximum Gasteiger partial charge on any atom is 0.236 e. The molecule has 1 heterocycles. The molecule has 0 aliphatic heterocycles. The quantitative estimate of drug-likeness (QED) is 0.650. The van der Waals surface area contributed by atoms with Crippen molar-refractivity contribution < 1.29 is 9.53 Å². The zero-order valence-corrected chi connectivity index (χ0v) is 11.8. The van der Waals surface area contributed by atoms with Crippen LogP contribution < -0.4 is 16.0 Å². The Bertz CT molecular complexity index is 423. The number of nitrogens with one attached hydrogen (secondary N) is 1. The molecular weight excluding hydrogens is 244 g/mol. The number of primary amides is 1. The molecule has 6 heteroatoms. The average molecular weight is 266 g/mol. The van der Waals surface area contributed by atoms with Crippen LogP contribution in [0.5, 0.6) is 0 Å². The van der Waals surface area contributed by atoms with Gasteiger partial charge >= 0.3 is 0 Å². The van der Waals surface area contributed by atoms with Gasteiger partial charge in [-0.3, -0.25) is 4.79 Å². The molecule has 0 aromatic carbocycles. The number of likely N-dealkylation sites (N-methyl/N-ethyl adjacent to an activating group) is 1. The Morgan fingerprint density at radius 2 is 2.32 bits per heavy atom. The van der Waals surface area contributed by atoms with Crippen molar-refractivity contribution in [3.05, 3.63) is 23.4 Å². The average Bonchev–Trinajstić information content (AvgIpc) is 2.33. The summed E-state index contributed by atoms with van der Waals surface area (Å²) in [6, 6.07) is 2.06. The monoisotopic (exact) mass is 266 g/mol. The fraction of sp³-hybridized carbons (Fsp3) is 0.538. The van der Waals surface area contributed by atoms with Crippen molar-refractivity contribution in [2.24, 2.45) is 5.73 Å². The van der Waals surface area contributed by atoms with Gasteiger partial charge in [0, 0.05) is 33.4 Å². The SMILES string of the molecule is COCCNCc1cnc(N(C)CC(N)=O)c(C)c1. The summed E-state index contributed by atoms with van der Waals surface area (Å²) < 4.78 is 4.96. The van der Waals surface area contributed by atoms with Crippen molar-refractivity contribution in [3.8, 4) is 0 Å². The Balaban J connectivity index is 2.61. The van der Waals surface area contributed by atoms with Crippen LogP contribution in [0.3, 0.4) is 0 Å². The van der Waals surface area contributed by atoms with Crippen molar-refractivity contribution in [2.75, 3.05) is 38.8 Å². The number of hydrogen-bond donors (Lipinski definition) is 2. The molecular formula is C13H22N4O2. The third-order valence-corrected chi connectivity index (χ3v) is 2.67. The molecule has 1 aromatic rings. The number of aromatic nitrogens is 1. The van der Waals surface area contributed by atoms with Gasteiger partial charge in [-0.1, -0.05) is 0 Å². The Morgan fingerprint density at radius 3 is 2.89 bits per heavy atom. The van der Waals surface area contributed by atoms with Crippen LogP contribution in [0.4, 0.5) is 5.82 Å². The van der Waals surface area contributed by atoms with E-state index < -0.39 is 0 Å². The van der Waals surface area contributed by atoms with E-state index >= 15 is 0 Å². The van der Waals surface area contributed by atoms with E-state index in [1.165, 1.54) is 0 Å². The molecule has 0 bridgehead atoms. The fourth-order valence-corrected chi connectivity index (χ4v) is 1.84. The molecule has 0 unspecified atom stereocenters. The number of methoxy groups -OCH3 is 1. The topological polar surface area (TPSA) is 80.5 Å². The van der Waals surface area contributed by atoms with Crippen molar-refractivity contribution in [3.63, 3.8) is 0 Å². The highest BCUT2D eigenvalue weighted by molar-refractivity contribution is 5.79. The molecule has 0 atom stereocenters. The second-order valence-corrected chi connectivity index (χ2v) is 4.48. The molecule has 0 aliphatic carbocycles. The number of anilines is 1. The van der Waals surface area contributed by atoms with Crippen molar-refractivity contribution in [1.82, 2.24) is 10.3 Å². The first-order valence-corrected chi connectivity index (χ1v) is 6.19. The summed E-state index contributed by atoms with van der Waals surface area (Å²) in [7, 11) is 3.48. The van der Waals surface area contributed by atoms with Crippen molar-refractivity contribution in [2.45, 2.75) is 13.5 Å². The molecule has 0 saturated heterocycles. The number of carbonyl (C=O) groups is 1. The van der Waals surface area contributed by atoms with Gasteiger partial charge in [0.25, 0.3) is 0 Å². The minimum Gasteiger partial charge on any atom is -0.383 e. The smallest absolute Gasteiger partial charge is 0.236 e. The van der Waals surface area contributed by atoms with E-state index in [-0.39, 0.29) is 12.5 Å². The third kappa shape index (κ3) is 5.23. The van der Waals surface area contributed by atoms with Crippen LogP contribution in [0.25, 0.3) is 0 Å². The summed E-state index contributed by atoms with van der Waals surface area (Å²) in [6.45, 7) is 4.37. The predicted molar refractivity (Wildman–Crippen MR) is 75.0 cm³/mol. The summed E-state index contributed by atoms with van der Waals surface area (Å²) in [4.78, 5) is 17.0. The molecule has 0 spiro atoms. The molecule has 0 aliphatic rings. The van der Waals surface area contributed by atoms with E-state index in [0.717, 1.165) is 30.0 Å². The van der Waals surface area contributed by atoms with E-state index in [9.17, 15) is 4.79 Å².